The van der Waals surface area contributed by atoms with Crippen molar-refractivity contribution in [2.24, 2.45) is 0 Å². The van der Waals surface area contributed by atoms with Crippen molar-refractivity contribution in [2.75, 3.05) is 6.61 Å². The van der Waals surface area contributed by atoms with E-state index in [1.807, 2.05) is 0 Å². The van der Waals surface area contributed by atoms with Gasteiger partial charge in [-0.15, -0.1) is 0 Å². The van der Waals surface area contributed by atoms with Gasteiger partial charge in [0.05, 0.1) is 6.61 Å². The quantitative estimate of drug-likeness (QED) is 0.399. The minimum absolute atomic E-state index is 0. The molecule has 0 aromatic rings. The molecule has 0 heterocycles. The Morgan fingerprint density at radius 1 is 1.15 bits per heavy atom. The summed E-state index contributed by atoms with van der Waals surface area (Å²) in [6.07, 6.45) is 5.03. The fraction of sp³-hybridized carbons (Fsp3) is 1.00. The zero-order valence-corrected chi connectivity index (χ0v) is 11.1. The Kier molecular flexibility index (Phi) is 11.8. The van der Waals surface area contributed by atoms with Gasteiger partial charge >= 0.3 is 10.4 Å². The topological polar surface area (TPSA) is 63.6 Å². The summed E-state index contributed by atoms with van der Waals surface area (Å²) in [5.41, 5.74) is 0. The fourth-order valence-corrected chi connectivity index (χ4v) is 1.20. The zero-order chi connectivity index (χ0) is 9.45. The maximum absolute atomic E-state index is 10.1. The molecular formula is C7H16NaO4S. The van der Waals surface area contributed by atoms with Crippen LogP contribution in [0.5, 0.6) is 0 Å². The van der Waals surface area contributed by atoms with E-state index in [0.717, 1.165) is 25.7 Å². The van der Waals surface area contributed by atoms with Gasteiger partial charge in [0.2, 0.25) is 0 Å². The molecule has 1 N–H and O–H groups in total. The molecule has 0 aliphatic carbocycles. The summed E-state index contributed by atoms with van der Waals surface area (Å²) < 4.78 is 32.4. The second-order valence-corrected chi connectivity index (χ2v) is 3.76. The Morgan fingerprint density at radius 2 is 1.69 bits per heavy atom. The second-order valence-electron chi connectivity index (χ2n) is 2.66. The van der Waals surface area contributed by atoms with E-state index in [1.165, 1.54) is 0 Å². The van der Waals surface area contributed by atoms with Crippen molar-refractivity contribution in [3.05, 3.63) is 0 Å². The predicted molar refractivity (Wildman–Crippen MR) is 52.0 cm³/mol. The minimum atomic E-state index is -4.22. The summed E-state index contributed by atoms with van der Waals surface area (Å²) in [4.78, 5) is 0. The summed E-state index contributed by atoms with van der Waals surface area (Å²) in [6.45, 7) is 2.19. The van der Waals surface area contributed by atoms with Gasteiger partial charge in [0.15, 0.2) is 0 Å². The molecule has 0 aliphatic heterocycles. The summed E-state index contributed by atoms with van der Waals surface area (Å²) in [5.74, 6) is 0. The van der Waals surface area contributed by atoms with Gasteiger partial charge < -0.3 is 0 Å². The van der Waals surface area contributed by atoms with Gasteiger partial charge in [-0.3, -0.25) is 4.55 Å². The minimum Gasteiger partial charge on any atom is -0.264 e. The van der Waals surface area contributed by atoms with Gasteiger partial charge in [-0.2, -0.15) is 8.42 Å². The number of unbranched alkanes of at least 4 members (excludes halogenated alkanes) is 4. The Balaban J connectivity index is 0. The van der Waals surface area contributed by atoms with E-state index in [-0.39, 0.29) is 36.2 Å². The molecule has 6 heteroatoms. The van der Waals surface area contributed by atoms with Crippen molar-refractivity contribution < 1.29 is 17.2 Å². The third-order valence-corrected chi connectivity index (χ3v) is 1.94. The number of hydrogen-bond donors (Lipinski definition) is 1. The molecule has 0 aliphatic rings. The molecule has 4 nitrogen and oxygen atoms in total. The Morgan fingerprint density at radius 3 is 2.15 bits per heavy atom. The molecular weight excluding hydrogens is 203 g/mol. The summed E-state index contributed by atoms with van der Waals surface area (Å²) in [5, 5.41) is 0. The molecule has 0 atom stereocenters. The Hall–Kier alpha value is 0.870. The van der Waals surface area contributed by atoms with Crippen molar-refractivity contribution in [3.63, 3.8) is 0 Å². The van der Waals surface area contributed by atoms with Crippen molar-refractivity contribution in [1.82, 2.24) is 0 Å². The standard InChI is InChI=1S/C7H16O4S.Na/c1-2-3-4-5-6-7-11-12(8,9)10;/h2-7H2,1H3,(H,8,9,10);. The van der Waals surface area contributed by atoms with Crippen LogP contribution in [0.3, 0.4) is 0 Å². The van der Waals surface area contributed by atoms with Crippen LogP contribution in [0.4, 0.5) is 0 Å². The van der Waals surface area contributed by atoms with E-state index in [9.17, 15) is 8.42 Å². The molecule has 13 heavy (non-hydrogen) atoms. The SMILES string of the molecule is CCCCCCCOS(=O)(=O)O.[Na]. The number of rotatable bonds is 7. The van der Waals surface area contributed by atoms with E-state index >= 15 is 0 Å². The Bertz CT molecular complexity index is 191. The van der Waals surface area contributed by atoms with Gasteiger partial charge in [0, 0.05) is 29.6 Å². The first kappa shape index (κ1) is 16.3. The first-order chi connectivity index (χ1) is 5.56. The van der Waals surface area contributed by atoms with Crippen LogP contribution in [0.1, 0.15) is 39.0 Å². The summed E-state index contributed by atoms with van der Waals surface area (Å²) >= 11 is 0. The molecule has 0 amide bonds. The third kappa shape index (κ3) is 15.6. The molecule has 0 rings (SSSR count). The van der Waals surface area contributed by atoms with Gasteiger partial charge in [0.1, 0.15) is 0 Å². The van der Waals surface area contributed by atoms with Crippen molar-refractivity contribution >= 4 is 40.0 Å². The molecule has 0 aromatic carbocycles. The summed E-state index contributed by atoms with van der Waals surface area (Å²) in [7, 11) is -4.22. The van der Waals surface area contributed by atoms with Crippen LogP contribution < -0.4 is 0 Å². The van der Waals surface area contributed by atoms with Gasteiger partial charge in [-0.05, 0) is 6.42 Å². The average molecular weight is 219 g/mol. The van der Waals surface area contributed by atoms with Gasteiger partial charge in [0.25, 0.3) is 0 Å². The molecule has 0 aromatic heterocycles. The molecule has 0 bridgehead atoms. The molecule has 1 radical (unpaired) electrons. The van der Waals surface area contributed by atoms with Crippen LogP contribution in [-0.4, -0.2) is 49.1 Å². The molecule has 0 fully saturated rings. The van der Waals surface area contributed by atoms with E-state index in [4.69, 9.17) is 4.55 Å². The van der Waals surface area contributed by atoms with E-state index < -0.39 is 10.4 Å². The van der Waals surface area contributed by atoms with Crippen LogP contribution >= 0.6 is 0 Å². The smallest absolute Gasteiger partial charge is 0.264 e. The maximum Gasteiger partial charge on any atom is 0.397 e. The monoisotopic (exact) mass is 219 g/mol. The van der Waals surface area contributed by atoms with Gasteiger partial charge in [-0.1, -0.05) is 32.6 Å². The predicted octanol–water partition coefficient (Wildman–Crippen LogP) is 1.40. The van der Waals surface area contributed by atoms with Crippen molar-refractivity contribution in [1.29, 1.82) is 0 Å². The Labute approximate surface area is 102 Å². The molecule has 0 saturated heterocycles. The van der Waals surface area contributed by atoms with Crippen LogP contribution in [0.15, 0.2) is 0 Å². The van der Waals surface area contributed by atoms with Crippen molar-refractivity contribution in [3.8, 4) is 0 Å². The average Bonchev–Trinajstić information content (AvgIpc) is 1.94. The zero-order valence-electron chi connectivity index (χ0n) is 8.32. The van der Waals surface area contributed by atoms with Crippen LogP contribution in [0.2, 0.25) is 0 Å². The van der Waals surface area contributed by atoms with Crippen LogP contribution in [0, 0.1) is 0 Å². The first-order valence-corrected chi connectivity index (χ1v) is 5.54. The molecule has 0 spiro atoms. The second kappa shape index (κ2) is 9.43. The van der Waals surface area contributed by atoms with Crippen LogP contribution in [-0.2, 0) is 14.6 Å². The van der Waals surface area contributed by atoms with E-state index in [1.54, 1.807) is 0 Å². The van der Waals surface area contributed by atoms with Crippen LogP contribution in [0.25, 0.3) is 0 Å². The normalized spacial score (nSPS) is 10.9. The summed E-state index contributed by atoms with van der Waals surface area (Å²) in [6, 6.07) is 0. The molecule has 0 saturated carbocycles. The van der Waals surface area contributed by atoms with Crippen molar-refractivity contribution in [2.45, 2.75) is 39.0 Å². The molecule has 75 valence electrons. The van der Waals surface area contributed by atoms with E-state index in [0.29, 0.717) is 6.42 Å². The largest absolute Gasteiger partial charge is 0.397 e. The first-order valence-electron chi connectivity index (χ1n) is 4.18. The molecule has 0 unspecified atom stereocenters. The maximum atomic E-state index is 10.1. The van der Waals surface area contributed by atoms with E-state index in [2.05, 4.69) is 11.1 Å². The fourth-order valence-electron chi connectivity index (χ4n) is 0.870. The third-order valence-electron chi connectivity index (χ3n) is 1.48. The van der Waals surface area contributed by atoms with Gasteiger partial charge in [-0.25, -0.2) is 4.18 Å². The number of hydrogen-bond acceptors (Lipinski definition) is 3.